The number of aromatic nitrogens is 2. The number of H-pyrrole nitrogens is 1. The maximum absolute atomic E-state index is 12.0. The molecule has 1 aromatic heterocycles. The summed E-state index contributed by atoms with van der Waals surface area (Å²) in [6, 6.07) is 5.70. The first-order chi connectivity index (χ1) is 8.70. The van der Waals surface area contributed by atoms with Crippen LogP contribution in [0.2, 0.25) is 0 Å². The van der Waals surface area contributed by atoms with E-state index in [0.717, 1.165) is 16.8 Å². The van der Waals surface area contributed by atoms with Crippen molar-refractivity contribution in [2.75, 3.05) is 12.4 Å². The molecule has 94 valence electrons. The number of benzene rings is 1. The van der Waals surface area contributed by atoms with Crippen LogP contribution in [0.3, 0.4) is 0 Å². The van der Waals surface area contributed by atoms with Crippen LogP contribution >= 0.6 is 0 Å². The summed E-state index contributed by atoms with van der Waals surface area (Å²) in [6.07, 6.45) is 3.45. The monoisotopic (exact) mass is 244 g/mol. The number of hydrogen-bond acceptors (Lipinski definition) is 3. The molecule has 5 heteroatoms. The molecule has 0 saturated heterocycles. The Hall–Kier alpha value is -2.30. The molecule has 1 amide bonds. The van der Waals surface area contributed by atoms with E-state index in [1.165, 1.54) is 0 Å². The zero-order valence-corrected chi connectivity index (χ0v) is 10.4. The molecule has 18 heavy (non-hydrogen) atoms. The Morgan fingerprint density at radius 3 is 2.94 bits per heavy atom. The van der Waals surface area contributed by atoms with Crippen molar-refractivity contribution < 1.29 is 4.79 Å². The lowest BCUT2D eigenvalue weighted by atomic mass is 10.1. The molecule has 0 aliphatic heterocycles. The molecule has 0 bridgehead atoms. The third-order valence-corrected chi connectivity index (χ3v) is 2.70. The maximum atomic E-state index is 12.0. The highest BCUT2D eigenvalue weighted by atomic mass is 16.1. The average molecular weight is 244 g/mol. The van der Waals surface area contributed by atoms with Crippen LogP contribution in [0.4, 0.5) is 5.69 Å². The van der Waals surface area contributed by atoms with Gasteiger partial charge in [0.1, 0.15) is 0 Å². The zero-order valence-electron chi connectivity index (χ0n) is 10.4. The molecule has 1 aromatic carbocycles. The van der Waals surface area contributed by atoms with Gasteiger partial charge in [0.15, 0.2) is 0 Å². The summed E-state index contributed by atoms with van der Waals surface area (Å²) in [5.41, 5.74) is 3.54. The fourth-order valence-corrected chi connectivity index (χ4v) is 1.71. The molecule has 2 aromatic rings. The predicted octanol–water partition coefficient (Wildman–Crippen LogP) is 1.69. The summed E-state index contributed by atoms with van der Waals surface area (Å²) < 4.78 is 0. The van der Waals surface area contributed by atoms with Gasteiger partial charge >= 0.3 is 0 Å². The fourth-order valence-electron chi connectivity index (χ4n) is 1.71. The molecule has 5 nitrogen and oxygen atoms in total. The normalized spacial score (nSPS) is 10.1. The quantitative estimate of drug-likeness (QED) is 0.766. The minimum absolute atomic E-state index is 0.0967. The van der Waals surface area contributed by atoms with Gasteiger partial charge in [0.2, 0.25) is 0 Å². The van der Waals surface area contributed by atoms with Crippen molar-refractivity contribution in [3.63, 3.8) is 0 Å². The van der Waals surface area contributed by atoms with Crippen molar-refractivity contribution in [2.45, 2.75) is 13.5 Å². The van der Waals surface area contributed by atoms with E-state index < -0.39 is 0 Å². The van der Waals surface area contributed by atoms with Crippen LogP contribution in [-0.2, 0) is 6.54 Å². The van der Waals surface area contributed by atoms with Crippen LogP contribution in [0.15, 0.2) is 30.6 Å². The highest BCUT2D eigenvalue weighted by Crippen LogP contribution is 2.16. The summed E-state index contributed by atoms with van der Waals surface area (Å²) in [4.78, 5) is 12.0. The van der Waals surface area contributed by atoms with Gasteiger partial charge in [-0.05, 0) is 24.6 Å². The van der Waals surface area contributed by atoms with E-state index >= 15 is 0 Å². The Balaban J connectivity index is 2.09. The third-order valence-electron chi connectivity index (χ3n) is 2.70. The van der Waals surface area contributed by atoms with Gasteiger partial charge in [0.25, 0.3) is 5.91 Å². The van der Waals surface area contributed by atoms with Gasteiger partial charge in [-0.25, -0.2) is 0 Å². The van der Waals surface area contributed by atoms with Gasteiger partial charge in [-0.15, -0.1) is 0 Å². The van der Waals surface area contributed by atoms with E-state index in [4.69, 9.17) is 0 Å². The Bertz CT molecular complexity index is 534. The molecular formula is C13H16N4O. The first-order valence-corrected chi connectivity index (χ1v) is 5.75. The zero-order chi connectivity index (χ0) is 13.0. The molecule has 0 atom stereocenters. The van der Waals surface area contributed by atoms with Crippen molar-refractivity contribution >= 4 is 11.6 Å². The van der Waals surface area contributed by atoms with Crippen molar-refractivity contribution in [2.24, 2.45) is 0 Å². The lowest BCUT2D eigenvalue weighted by Gasteiger charge is -2.10. The summed E-state index contributed by atoms with van der Waals surface area (Å²) in [5, 5.41) is 12.4. The number of carbonyl (C=O) groups is 1. The summed E-state index contributed by atoms with van der Waals surface area (Å²) in [7, 11) is 1.81. The molecule has 0 unspecified atom stereocenters. The smallest absolute Gasteiger partial charge is 0.253 e. The summed E-state index contributed by atoms with van der Waals surface area (Å²) in [6.45, 7) is 2.46. The Labute approximate surface area is 106 Å². The minimum atomic E-state index is -0.0967. The number of hydrogen-bond donors (Lipinski definition) is 3. The molecule has 3 N–H and O–H groups in total. The van der Waals surface area contributed by atoms with Crippen LogP contribution < -0.4 is 10.6 Å². The second-order valence-electron chi connectivity index (χ2n) is 4.09. The third kappa shape index (κ3) is 2.68. The number of amides is 1. The van der Waals surface area contributed by atoms with E-state index in [0.29, 0.717) is 12.1 Å². The van der Waals surface area contributed by atoms with Gasteiger partial charge in [-0.1, -0.05) is 6.07 Å². The lowest BCUT2D eigenvalue weighted by Crippen LogP contribution is -2.23. The standard InChI is InChI=1S/C13H16N4O/c1-9-3-4-11(12(5-9)14-2)13(18)15-6-10-7-16-17-8-10/h3-5,7-8,14H,6H2,1-2H3,(H,15,18)(H,16,17). The topological polar surface area (TPSA) is 69.8 Å². The van der Waals surface area contributed by atoms with Crippen LogP contribution in [0, 0.1) is 6.92 Å². The molecule has 0 aliphatic rings. The van der Waals surface area contributed by atoms with E-state index in [2.05, 4.69) is 20.8 Å². The van der Waals surface area contributed by atoms with Gasteiger partial charge in [0, 0.05) is 31.0 Å². The molecule has 1 heterocycles. The van der Waals surface area contributed by atoms with Crippen LogP contribution in [0.25, 0.3) is 0 Å². The Morgan fingerprint density at radius 1 is 1.44 bits per heavy atom. The van der Waals surface area contributed by atoms with Crippen molar-refractivity contribution in [3.05, 3.63) is 47.3 Å². The predicted molar refractivity (Wildman–Crippen MR) is 70.5 cm³/mol. The minimum Gasteiger partial charge on any atom is -0.387 e. The van der Waals surface area contributed by atoms with E-state index in [1.807, 2.05) is 32.2 Å². The second-order valence-corrected chi connectivity index (χ2v) is 4.09. The number of aryl methyl sites for hydroxylation is 1. The number of nitrogens with one attached hydrogen (secondary N) is 3. The maximum Gasteiger partial charge on any atom is 0.253 e. The molecule has 0 radical (unpaired) electrons. The molecule has 2 rings (SSSR count). The Kier molecular flexibility index (Phi) is 3.62. The fraction of sp³-hybridized carbons (Fsp3) is 0.231. The molecule has 0 fully saturated rings. The van der Waals surface area contributed by atoms with Gasteiger partial charge in [-0.2, -0.15) is 5.10 Å². The van der Waals surface area contributed by atoms with Gasteiger partial charge < -0.3 is 10.6 Å². The van der Waals surface area contributed by atoms with E-state index in [1.54, 1.807) is 12.4 Å². The highest BCUT2D eigenvalue weighted by molar-refractivity contribution is 5.99. The first-order valence-electron chi connectivity index (χ1n) is 5.75. The molecule has 0 aliphatic carbocycles. The lowest BCUT2D eigenvalue weighted by molar-refractivity contribution is 0.0951. The highest BCUT2D eigenvalue weighted by Gasteiger charge is 2.10. The number of carbonyl (C=O) groups excluding carboxylic acids is 1. The number of rotatable bonds is 4. The Morgan fingerprint density at radius 2 is 2.28 bits per heavy atom. The SMILES string of the molecule is CNc1cc(C)ccc1C(=O)NCc1cn[nH]c1. The number of aromatic amines is 1. The average Bonchev–Trinajstić information content (AvgIpc) is 2.88. The van der Waals surface area contributed by atoms with Crippen LogP contribution in [-0.4, -0.2) is 23.2 Å². The van der Waals surface area contributed by atoms with E-state index in [9.17, 15) is 4.79 Å². The van der Waals surface area contributed by atoms with Crippen LogP contribution in [0.5, 0.6) is 0 Å². The van der Waals surface area contributed by atoms with Crippen molar-refractivity contribution in [1.82, 2.24) is 15.5 Å². The molecule has 0 spiro atoms. The molecular weight excluding hydrogens is 228 g/mol. The van der Waals surface area contributed by atoms with Gasteiger partial charge in [0.05, 0.1) is 11.8 Å². The van der Waals surface area contributed by atoms with E-state index in [-0.39, 0.29) is 5.91 Å². The number of nitrogens with zero attached hydrogens (tertiary/aromatic N) is 1. The van der Waals surface area contributed by atoms with Crippen molar-refractivity contribution in [3.8, 4) is 0 Å². The molecule has 0 saturated carbocycles. The second kappa shape index (κ2) is 5.35. The van der Waals surface area contributed by atoms with Gasteiger partial charge in [-0.3, -0.25) is 9.89 Å². The summed E-state index contributed by atoms with van der Waals surface area (Å²) in [5.74, 6) is -0.0967. The summed E-state index contributed by atoms with van der Waals surface area (Å²) >= 11 is 0. The number of anilines is 1. The largest absolute Gasteiger partial charge is 0.387 e. The first kappa shape index (κ1) is 12.2. The van der Waals surface area contributed by atoms with Crippen molar-refractivity contribution in [1.29, 1.82) is 0 Å². The van der Waals surface area contributed by atoms with Crippen LogP contribution in [0.1, 0.15) is 21.5 Å².